The molecule has 0 amide bonds. The molecule has 0 saturated heterocycles. The Morgan fingerprint density at radius 2 is 2.18 bits per heavy atom. The maximum Gasteiger partial charge on any atom is 0.337 e. The van der Waals surface area contributed by atoms with Crippen molar-refractivity contribution in [3.05, 3.63) is 27.7 Å². The first-order valence-electron chi connectivity index (χ1n) is 6.23. The first-order chi connectivity index (χ1) is 10.4. The maximum absolute atomic E-state index is 11.6. The Bertz CT molecular complexity index is 653. The second kappa shape index (κ2) is 8.37. The number of hydrogen-bond donors (Lipinski definition) is 1. The van der Waals surface area contributed by atoms with E-state index in [0.29, 0.717) is 6.42 Å². The number of nitrogens with zero attached hydrogens (tertiary/aromatic N) is 2. The molecule has 0 radical (unpaired) electrons. The van der Waals surface area contributed by atoms with E-state index in [9.17, 15) is 9.59 Å². The van der Waals surface area contributed by atoms with Gasteiger partial charge in [0.05, 0.1) is 28.9 Å². The van der Waals surface area contributed by atoms with Crippen molar-refractivity contribution in [2.24, 2.45) is 10.9 Å². The Hall–Kier alpha value is -2.10. The number of carbonyl (C=O) groups is 2. The van der Waals surface area contributed by atoms with Crippen LogP contribution in [0.3, 0.4) is 0 Å². The highest BCUT2D eigenvalue weighted by Crippen LogP contribution is 2.32. The van der Waals surface area contributed by atoms with Gasteiger partial charge in [-0.2, -0.15) is 5.26 Å². The number of ether oxygens (including phenoxy) is 1. The molecule has 0 fully saturated rings. The normalized spacial score (nSPS) is 11.9. The number of benzene rings is 1. The SMILES string of the molecule is CCCOC(=O)C(C#N)C=Nc1cc(Cl)cc(C(=O)O)c1Cl. The molecule has 0 aromatic heterocycles. The van der Waals surface area contributed by atoms with E-state index < -0.39 is 17.9 Å². The Morgan fingerprint density at radius 1 is 1.50 bits per heavy atom. The zero-order chi connectivity index (χ0) is 16.7. The highest BCUT2D eigenvalue weighted by atomic mass is 35.5. The molecule has 116 valence electrons. The second-order valence-electron chi connectivity index (χ2n) is 4.14. The molecule has 1 aromatic rings. The van der Waals surface area contributed by atoms with Gasteiger partial charge in [0.25, 0.3) is 0 Å². The molecule has 1 unspecified atom stereocenters. The largest absolute Gasteiger partial charge is 0.478 e. The monoisotopic (exact) mass is 342 g/mol. The molecule has 6 nitrogen and oxygen atoms in total. The lowest BCUT2D eigenvalue weighted by molar-refractivity contribution is -0.144. The average Bonchev–Trinajstić information content (AvgIpc) is 2.48. The summed E-state index contributed by atoms with van der Waals surface area (Å²) < 4.78 is 4.84. The molecular formula is C14H12Cl2N2O4. The molecule has 0 aliphatic heterocycles. The fourth-order valence-corrected chi connectivity index (χ4v) is 1.87. The molecule has 1 atom stereocenters. The molecule has 0 spiro atoms. The maximum atomic E-state index is 11.6. The molecule has 0 bridgehead atoms. The number of hydrogen-bond acceptors (Lipinski definition) is 5. The average molecular weight is 343 g/mol. The van der Waals surface area contributed by atoms with Crippen molar-refractivity contribution in [3.63, 3.8) is 0 Å². The lowest BCUT2D eigenvalue weighted by Crippen LogP contribution is -2.17. The minimum absolute atomic E-state index is 0.0510. The van der Waals surface area contributed by atoms with E-state index in [1.807, 2.05) is 6.92 Å². The van der Waals surface area contributed by atoms with Crippen LogP contribution in [0.2, 0.25) is 10.0 Å². The Kier molecular flexibility index (Phi) is 6.83. The Labute approximate surface area is 136 Å². The summed E-state index contributed by atoms with van der Waals surface area (Å²) in [5, 5.41) is 17.9. The minimum atomic E-state index is -1.26. The van der Waals surface area contributed by atoms with E-state index >= 15 is 0 Å². The summed E-state index contributed by atoms with van der Waals surface area (Å²) in [6.07, 6.45) is 1.67. The van der Waals surface area contributed by atoms with Crippen LogP contribution in [-0.4, -0.2) is 29.9 Å². The van der Waals surface area contributed by atoms with Crippen molar-refractivity contribution >= 4 is 47.0 Å². The molecule has 1 rings (SSSR count). The number of rotatable bonds is 6. The van der Waals surface area contributed by atoms with Crippen molar-refractivity contribution in [1.82, 2.24) is 0 Å². The zero-order valence-electron chi connectivity index (χ0n) is 11.5. The van der Waals surface area contributed by atoms with Crippen LogP contribution in [0, 0.1) is 17.2 Å². The van der Waals surface area contributed by atoms with Crippen LogP contribution in [0.4, 0.5) is 5.69 Å². The van der Waals surface area contributed by atoms with Gasteiger partial charge in [0.1, 0.15) is 0 Å². The van der Waals surface area contributed by atoms with E-state index in [2.05, 4.69) is 4.99 Å². The molecule has 0 heterocycles. The summed E-state index contributed by atoms with van der Waals surface area (Å²) in [6.45, 7) is 2.02. The van der Waals surface area contributed by atoms with Crippen LogP contribution < -0.4 is 0 Å². The third kappa shape index (κ3) is 4.72. The summed E-state index contributed by atoms with van der Waals surface area (Å²) in [5.74, 6) is -3.21. The van der Waals surface area contributed by atoms with Gasteiger partial charge in [-0.15, -0.1) is 0 Å². The molecule has 0 saturated carbocycles. The van der Waals surface area contributed by atoms with Gasteiger partial charge in [-0.25, -0.2) is 4.79 Å². The first kappa shape index (κ1) is 18.0. The third-order valence-electron chi connectivity index (χ3n) is 2.45. The number of carbonyl (C=O) groups excluding carboxylic acids is 1. The van der Waals surface area contributed by atoms with Gasteiger partial charge in [-0.3, -0.25) is 9.79 Å². The number of aromatic carboxylic acids is 1. The number of aliphatic imine (C=N–C) groups is 1. The summed E-state index contributed by atoms with van der Waals surface area (Å²) in [7, 11) is 0. The molecule has 8 heteroatoms. The van der Waals surface area contributed by atoms with E-state index in [4.69, 9.17) is 38.3 Å². The first-order valence-corrected chi connectivity index (χ1v) is 6.99. The Morgan fingerprint density at radius 3 is 2.73 bits per heavy atom. The quantitative estimate of drug-likeness (QED) is 0.629. The van der Waals surface area contributed by atoms with Crippen molar-refractivity contribution in [1.29, 1.82) is 5.26 Å². The fourth-order valence-electron chi connectivity index (χ4n) is 1.42. The lowest BCUT2D eigenvalue weighted by atomic mass is 10.2. The highest BCUT2D eigenvalue weighted by molar-refractivity contribution is 6.37. The van der Waals surface area contributed by atoms with Crippen LogP contribution in [0.5, 0.6) is 0 Å². The zero-order valence-corrected chi connectivity index (χ0v) is 13.1. The van der Waals surface area contributed by atoms with Gasteiger partial charge in [-0.05, 0) is 18.6 Å². The van der Waals surface area contributed by atoms with Crippen LogP contribution in [0.25, 0.3) is 0 Å². The Balaban J connectivity index is 3.05. The van der Waals surface area contributed by atoms with Crippen molar-refractivity contribution in [3.8, 4) is 6.07 Å². The number of halogens is 2. The van der Waals surface area contributed by atoms with Gasteiger partial charge in [0.2, 0.25) is 0 Å². The topological polar surface area (TPSA) is 99.8 Å². The molecule has 0 aliphatic carbocycles. The van der Waals surface area contributed by atoms with Crippen LogP contribution in [-0.2, 0) is 9.53 Å². The number of carboxylic acid groups (broad SMARTS) is 1. The van der Waals surface area contributed by atoms with Crippen LogP contribution in [0.15, 0.2) is 17.1 Å². The van der Waals surface area contributed by atoms with E-state index in [1.54, 1.807) is 6.07 Å². The molecule has 22 heavy (non-hydrogen) atoms. The van der Waals surface area contributed by atoms with Crippen molar-refractivity contribution in [2.75, 3.05) is 6.61 Å². The number of nitriles is 1. The van der Waals surface area contributed by atoms with Gasteiger partial charge in [0, 0.05) is 11.2 Å². The number of esters is 1. The lowest BCUT2D eigenvalue weighted by Gasteiger charge is -2.06. The minimum Gasteiger partial charge on any atom is -0.478 e. The van der Waals surface area contributed by atoms with Gasteiger partial charge < -0.3 is 9.84 Å². The van der Waals surface area contributed by atoms with Gasteiger partial charge in [-0.1, -0.05) is 30.1 Å². The summed E-state index contributed by atoms with van der Waals surface area (Å²) in [4.78, 5) is 26.5. The predicted molar refractivity (Wildman–Crippen MR) is 81.9 cm³/mol. The predicted octanol–water partition coefficient (Wildman–Crippen LogP) is 3.49. The van der Waals surface area contributed by atoms with Gasteiger partial charge in [0.15, 0.2) is 5.92 Å². The number of carboxylic acids is 1. The molecule has 0 aliphatic rings. The molecule has 1 N–H and O–H groups in total. The summed E-state index contributed by atoms with van der Waals surface area (Å²) in [6, 6.07) is 4.25. The highest BCUT2D eigenvalue weighted by Gasteiger charge is 2.18. The molecule has 1 aromatic carbocycles. The van der Waals surface area contributed by atoms with E-state index in [1.165, 1.54) is 12.1 Å². The van der Waals surface area contributed by atoms with Crippen molar-refractivity contribution in [2.45, 2.75) is 13.3 Å². The smallest absolute Gasteiger partial charge is 0.337 e. The van der Waals surface area contributed by atoms with E-state index in [-0.39, 0.29) is 27.9 Å². The standard InChI is InChI=1S/C14H12Cl2N2O4/c1-2-3-22-14(21)8(6-17)7-18-11-5-9(15)4-10(12(11)16)13(19)20/h4-5,7-8H,2-3H2,1H3,(H,19,20). The second-order valence-corrected chi connectivity index (χ2v) is 4.96. The van der Waals surface area contributed by atoms with E-state index in [0.717, 1.165) is 6.21 Å². The third-order valence-corrected chi connectivity index (χ3v) is 3.07. The fraction of sp³-hybridized carbons (Fsp3) is 0.286. The van der Waals surface area contributed by atoms with Crippen LogP contribution in [0.1, 0.15) is 23.7 Å². The van der Waals surface area contributed by atoms with Crippen LogP contribution >= 0.6 is 23.2 Å². The summed E-state index contributed by atoms with van der Waals surface area (Å²) >= 11 is 11.7. The van der Waals surface area contributed by atoms with Gasteiger partial charge >= 0.3 is 11.9 Å². The summed E-state index contributed by atoms with van der Waals surface area (Å²) in [5.41, 5.74) is -0.168. The molecular weight excluding hydrogens is 331 g/mol. The van der Waals surface area contributed by atoms with Crippen molar-refractivity contribution < 1.29 is 19.4 Å².